The van der Waals surface area contributed by atoms with Gasteiger partial charge in [0.1, 0.15) is 0 Å². The molecular formula is C22H26N2O3S. The monoisotopic (exact) mass is 398 g/mol. The van der Waals surface area contributed by atoms with Gasteiger partial charge in [-0.25, -0.2) is 8.42 Å². The number of benzene rings is 1. The van der Waals surface area contributed by atoms with Gasteiger partial charge in [0.2, 0.25) is 10.0 Å². The average Bonchev–Trinajstić information content (AvgIpc) is 2.69. The van der Waals surface area contributed by atoms with Crippen molar-refractivity contribution in [1.82, 2.24) is 9.29 Å². The molecular weight excluding hydrogens is 372 g/mol. The maximum absolute atomic E-state index is 12.5. The van der Waals surface area contributed by atoms with Crippen molar-refractivity contribution in [3.8, 4) is 0 Å². The van der Waals surface area contributed by atoms with Gasteiger partial charge in [-0.3, -0.25) is 9.78 Å². The first-order chi connectivity index (χ1) is 13.3. The van der Waals surface area contributed by atoms with Crippen LogP contribution in [0, 0.1) is 6.92 Å². The lowest BCUT2D eigenvalue weighted by Gasteiger charge is -2.29. The summed E-state index contributed by atoms with van der Waals surface area (Å²) >= 11 is 0. The molecule has 6 heteroatoms. The fourth-order valence-electron chi connectivity index (χ4n) is 3.48. The fraction of sp³-hybridized carbons (Fsp3) is 0.364. The van der Waals surface area contributed by atoms with E-state index in [1.54, 1.807) is 29.7 Å². The van der Waals surface area contributed by atoms with Crippen LogP contribution in [0.3, 0.4) is 0 Å². The number of hydrogen-bond donors (Lipinski definition) is 0. The molecule has 1 aliphatic rings. The molecule has 148 valence electrons. The van der Waals surface area contributed by atoms with Crippen molar-refractivity contribution in [2.75, 3.05) is 18.8 Å². The van der Waals surface area contributed by atoms with Crippen molar-refractivity contribution in [2.45, 2.75) is 33.6 Å². The number of aryl methyl sites for hydroxylation is 1. The second-order valence-corrected chi connectivity index (χ2v) is 9.49. The number of hydrogen-bond acceptors (Lipinski definition) is 4. The molecule has 3 rings (SSSR count). The molecule has 0 radical (unpaired) electrons. The maximum Gasteiger partial charge on any atom is 0.214 e. The van der Waals surface area contributed by atoms with E-state index in [0.717, 1.165) is 28.7 Å². The topological polar surface area (TPSA) is 67.3 Å². The molecule has 2 aromatic rings. The van der Waals surface area contributed by atoms with E-state index >= 15 is 0 Å². The molecule has 0 aliphatic carbocycles. The van der Waals surface area contributed by atoms with Gasteiger partial charge in [-0.15, -0.1) is 0 Å². The number of Topliss-reactive ketones (excluding diaryl/α,β-unsaturated/α-hetero) is 1. The highest BCUT2D eigenvalue weighted by Crippen LogP contribution is 2.28. The number of pyridine rings is 1. The first kappa shape index (κ1) is 20.4. The van der Waals surface area contributed by atoms with Gasteiger partial charge in [-0.1, -0.05) is 29.8 Å². The van der Waals surface area contributed by atoms with E-state index in [0.29, 0.717) is 25.1 Å². The molecule has 0 bridgehead atoms. The van der Waals surface area contributed by atoms with Crippen LogP contribution in [-0.4, -0.2) is 42.3 Å². The van der Waals surface area contributed by atoms with Gasteiger partial charge in [0.15, 0.2) is 5.78 Å². The van der Waals surface area contributed by atoms with Crippen LogP contribution in [0.5, 0.6) is 0 Å². The third-order valence-corrected chi connectivity index (χ3v) is 7.16. The lowest BCUT2D eigenvalue weighted by Crippen LogP contribution is -2.37. The summed E-state index contributed by atoms with van der Waals surface area (Å²) in [6, 6.07) is 9.64. The van der Waals surface area contributed by atoms with Crippen molar-refractivity contribution in [1.29, 1.82) is 0 Å². The molecule has 0 fully saturated rings. The zero-order valence-corrected chi connectivity index (χ0v) is 17.4. The van der Waals surface area contributed by atoms with Crippen molar-refractivity contribution in [2.24, 2.45) is 0 Å². The molecule has 0 spiro atoms. The van der Waals surface area contributed by atoms with Crippen LogP contribution in [-0.2, 0) is 16.4 Å². The van der Waals surface area contributed by atoms with Crippen molar-refractivity contribution < 1.29 is 13.2 Å². The van der Waals surface area contributed by atoms with Crippen LogP contribution < -0.4 is 0 Å². The number of ketones is 1. The van der Waals surface area contributed by atoms with Gasteiger partial charge in [-0.2, -0.15) is 4.31 Å². The standard InChI is InChI=1S/C22H26N2O3S/c1-4-28(26,27)24-12-10-16(2)21(15-24)19-7-5-18(6-8-19)13-22(25)20-9-11-23-14-17(20)3/h5-9,11,14H,4,10,12-13,15H2,1-3H3. The number of rotatable bonds is 6. The molecule has 1 aliphatic heterocycles. The summed E-state index contributed by atoms with van der Waals surface area (Å²) in [6.07, 6.45) is 4.41. The minimum Gasteiger partial charge on any atom is -0.294 e. The lowest BCUT2D eigenvalue weighted by atomic mass is 9.94. The number of carbonyl (C=O) groups excluding carboxylic acids is 1. The largest absolute Gasteiger partial charge is 0.294 e. The van der Waals surface area contributed by atoms with Gasteiger partial charge in [0.25, 0.3) is 0 Å². The Bertz CT molecular complexity index is 1010. The summed E-state index contributed by atoms with van der Waals surface area (Å²) in [5.74, 6) is 0.190. The summed E-state index contributed by atoms with van der Waals surface area (Å²) in [6.45, 7) is 6.59. The SMILES string of the molecule is CCS(=O)(=O)N1CCC(C)=C(c2ccc(CC(=O)c3ccncc3C)cc2)C1. The molecule has 0 unspecified atom stereocenters. The molecule has 1 aromatic heterocycles. The zero-order chi connectivity index (χ0) is 20.3. The molecule has 0 amide bonds. The Morgan fingerprint density at radius 3 is 2.50 bits per heavy atom. The second-order valence-electron chi connectivity index (χ2n) is 7.23. The molecule has 2 heterocycles. The van der Waals surface area contributed by atoms with Crippen molar-refractivity contribution in [3.63, 3.8) is 0 Å². The van der Waals surface area contributed by atoms with E-state index in [4.69, 9.17) is 0 Å². The average molecular weight is 399 g/mol. The number of sulfonamides is 1. The Morgan fingerprint density at radius 1 is 1.14 bits per heavy atom. The zero-order valence-electron chi connectivity index (χ0n) is 16.6. The summed E-state index contributed by atoms with van der Waals surface area (Å²) in [4.78, 5) is 16.6. The van der Waals surface area contributed by atoms with Crippen LogP contribution in [0.25, 0.3) is 5.57 Å². The number of carbonyl (C=O) groups is 1. The van der Waals surface area contributed by atoms with Gasteiger partial charge < -0.3 is 0 Å². The highest BCUT2D eigenvalue weighted by Gasteiger charge is 2.26. The van der Waals surface area contributed by atoms with E-state index in [1.165, 1.54) is 5.57 Å². The normalized spacial score (nSPS) is 15.7. The van der Waals surface area contributed by atoms with E-state index in [9.17, 15) is 13.2 Å². The Hall–Kier alpha value is -2.31. The number of aromatic nitrogens is 1. The van der Waals surface area contributed by atoms with Gasteiger partial charge in [-0.05, 0) is 55.5 Å². The molecule has 28 heavy (non-hydrogen) atoms. The maximum atomic E-state index is 12.5. The van der Waals surface area contributed by atoms with Gasteiger partial charge in [0.05, 0.1) is 5.75 Å². The van der Waals surface area contributed by atoms with E-state index in [-0.39, 0.29) is 11.5 Å². The molecule has 1 aromatic carbocycles. The van der Waals surface area contributed by atoms with Crippen molar-refractivity contribution in [3.05, 3.63) is 70.6 Å². The summed E-state index contributed by atoms with van der Waals surface area (Å²) in [7, 11) is -3.19. The second kappa shape index (κ2) is 8.37. The first-order valence-electron chi connectivity index (χ1n) is 9.51. The molecule has 0 atom stereocenters. The summed E-state index contributed by atoms with van der Waals surface area (Å²) < 4.78 is 26.0. The lowest BCUT2D eigenvalue weighted by molar-refractivity contribution is 0.0992. The first-order valence-corrected chi connectivity index (χ1v) is 11.1. The van der Waals surface area contributed by atoms with E-state index in [1.807, 2.05) is 31.2 Å². The Balaban J connectivity index is 1.77. The predicted molar refractivity (Wildman–Crippen MR) is 112 cm³/mol. The smallest absolute Gasteiger partial charge is 0.214 e. The number of nitrogens with zero attached hydrogens (tertiary/aromatic N) is 2. The third-order valence-electron chi connectivity index (χ3n) is 5.33. The van der Waals surface area contributed by atoms with Gasteiger partial charge >= 0.3 is 0 Å². The third kappa shape index (κ3) is 4.39. The predicted octanol–water partition coefficient (Wildman–Crippen LogP) is 3.64. The van der Waals surface area contributed by atoms with Crippen LogP contribution in [0.15, 0.2) is 48.3 Å². The van der Waals surface area contributed by atoms with Crippen LogP contribution in [0.1, 0.15) is 47.3 Å². The minimum absolute atomic E-state index is 0.0703. The highest BCUT2D eigenvalue weighted by atomic mass is 32.2. The molecule has 0 N–H and O–H groups in total. The van der Waals surface area contributed by atoms with Crippen LogP contribution in [0.2, 0.25) is 0 Å². The van der Waals surface area contributed by atoms with Gasteiger partial charge in [0, 0.05) is 37.5 Å². The Kier molecular flexibility index (Phi) is 6.10. The highest BCUT2D eigenvalue weighted by molar-refractivity contribution is 7.89. The Morgan fingerprint density at radius 2 is 1.86 bits per heavy atom. The summed E-state index contributed by atoms with van der Waals surface area (Å²) in [5.41, 5.74) is 5.82. The Labute approximate surface area is 167 Å². The van der Waals surface area contributed by atoms with E-state index in [2.05, 4.69) is 11.9 Å². The molecule has 0 saturated carbocycles. The minimum atomic E-state index is -3.19. The van der Waals surface area contributed by atoms with Crippen LogP contribution >= 0.6 is 0 Å². The van der Waals surface area contributed by atoms with Crippen molar-refractivity contribution >= 4 is 21.4 Å². The molecule has 5 nitrogen and oxygen atoms in total. The van der Waals surface area contributed by atoms with Crippen LogP contribution in [0.4, 0.5) is 0 Å². The van der Waals surface area contributed by atoms with E-state index < -0.39 is 10.0 Å². The fourth-order valence-corrected chi connectivity index (χ4v) is 4.54. The summed E-state index contributed by atoms with van der Waals surface area (Å²) in [5, 5.41) is 0. The molecule has 0 saturated heterocycles. The quantitative estimate of drug-likeness (QED) is 0.697.